The maximum absolute atomic E-state index is 12.8. The molecule has 0 aliphatic carbocycles. The van der Waals surface area contributed by atoms with Crippen molar-refractivity contribution in [2.75, 3.05) is 13.2 Å². The summed E-state index contributed by atoms with van der Waals surface area (Å²) in [5.41, 5.74) is 0. The number of carbonyl (C=O) groups excluding carboxylic acids is 3. The molecular formula is C56H98O6. The highest BCUT2D eigenvalue weighted by molar-refractivity contribution is 5.71. The lowest BCUT2D eigenvalue weighted by molar-refractivity contribution is -0.166. The Morgan fingerprint density at radius 2 is 0.661 bits per heavy atom. The van der Waals surface area contributed by atoms with Gasteiger partial charge >= 0.3 is 17.9 Å². The van der Waals surface area contributed by atoms with Crippen LogP contribution in [0.3, 0.4) is 0 Å². The van der Waals surface area contributed by atoms with Gasteiger partial charge in [0, 0.05) is 19.3 Å². The zero-order valence-corrected chi connectivity index (χ0v) is 40.9. The smallest absolute Gasteiger partial charge is 0.306 e. The normalized spacial score (nSPS) is 12.5. The summed E-state index contributed by atoms with van der Waals surface area (Å²) in [5.74, 6) is -0.984. The van der Waals surface area contributed by atoms with Gasteiger partial charge in [-0.3, -0.25) is 14.4 Å². The molecule has 0 fully saturated rings. The highest BCUT2D eigenvalue weighted by atomic mass is 16.6. The summed E-state index contributed by atoms with van der Waals surface area (Å²) in [4.78, 5) is 37.9. The van der Waals surface area contributed by atoms with E-state index < -0.39 is 6.10 Å². The molecule has 0 aliphatic heterocycles. The van der Waals surface area contributed by atoms with Crippen LogP contribution in [0.5, 0.6) is 0 Å². The molecule has 6 heteroatoms. The quantitative estimate of drug-likeness (QED) is 0.0262. The Bertz CT molecular complexity index is 1130. The Morgan fingerprint density at radius 3 is 1.08 bits per heavy atom. The van der Waals surface area contributed by atoms with Crippen LogP contribution in [0.2, 0.25) is 0 Å². The molecule has 0 aromatic heterocycles. The zero-order chi connectivity index (χ0) is 45.1. The van der Waals surface area contributed by atoms with E-state index in [9.17, 15) is 14.4 Å². The molecule has 1 atom stereocenters. The Morgan fingerprint density at radius 1 is 0.339 bits per heavy atom. The first-order valence-electron chi connectivity index (χ1n) is 26.3. The van der Waals surface area contributed by atoms with Crippen molar-refractivity contribution in [2.24, 2.45) is 0 Å². The van der Waals surface area contributed by atoms with Gasteiger partial charge in [0.2, 0.25) is 0 Å². The molecule has 62 heavy (non-hydrogen) atoms. The summed E-state index contributed by atoms with van der Waals surface area (Å²) in [7, 11) is 0. The molecule has 0 aromatic rings. The van der Waals surface area contributed by atoms with E-state index in [4.69, 9.17) is 14.2 Å². The summed E-state index contributed by atoms with van der Waals surface area (Å²) >= 11 is 0. The number of carbonyl (C=O) groups is 3. The van der Waals surface area contributed by atoms with E-state index in [2.05, 4.69) is 75.5 Å². The molecule has 0 heterocycles. The highest BCUT2D eigenvalue weighted by Gasteiger charge is 2.19. The van der Waals surface area contributed by atoms with E-state index in [0.29, 0.717) is 19.3 Å². The van der Waals surface area contributed by atoms with Crippen LogP contribution in [0, 0.1) is 0 Å². The zero-order valence-electron chi connectivity index (χ0n) is 40.9. The number of esters is 3. The van der Waals surface area contributed by atoms with Gasteiger partial charge < -0.3 is 14.2 Å². The fourth-order valence-corrected chi connectivity index (χ4v) is 7.33. The number of hydrogen-bond donors (Lipinski definition) is 0. The molecule has 0 amide bonds. The van der Waals surface area contributed by atoms with Gasteiger partial charge in [-0.1, -0.05) is 229 Å². The number of hydrogen-bond acceptors (Lipinski definition) is 6. The first kappa shape index (κ1) is 59.1. The van der Waals surface area contributed by atoms with Gasteiger partial charge in [0.1, 0.15) is 13.2 Å². The maximum atomic E-state index is 12.8. The SMILES string of the molecule is CC/C=C\C/C=C\C/C=C\C/C=C\CCC(=O)OCC(COC(=O)CCCCCCC/C=C\CCCCCCCCC)OC(=O)CCCCCCCCCCCCCCCCC. The van der Waals surface area contributed by atoms with E-state index in [1.54, 1.807) is 0 Å². The number of ether oxygens (including phenoxy) is 3. The highest BCUT2D eigenvalue weighted by Crippen LogP contribution is 2.15. The molecular weight excluding hydrogens is 769 g/mol. The predicted octanol–water partition coefficient (Wildman–Crippen LogP) is 17.3. The molecule has 0 N–H and O–H groups in total. The minimum absolute atomic E-state index is 0.0984. The summed E-state index contributed by atoms with van der Waals surface area (Å²) in [6, 6.07) is 0. The standard InChI is InChI=1S/C56H98O6/c1-4-7-10-13-16-19-22-25-27-29-31-34-37-40-43-46-49-55(58)61-52-53(51-60-54(57)48-45-42-39-36-33-30-24-21-18-15-12-9-6-3)62-56(59)50-47-44-41-38-35-32-28-26-23-20-17-14-11-8-5-2/h9,12,18,21,27,29-30,33,39,42,53H,4-8,10-11,13-17,19-20,22-26,28,31-32,34-38,40-41,43-52H2,1-3H3/b12-9-,21-18-,29-27-,33-30-,42-39-. The predicted molar refractivity (Wildman–Crippen MR) is 265 cm³/mol. The van der Waals surface area contributed by atoms with Crippen molar-refractivity contribution in [1.29, 1.82) is 0 Å². The van der Waals surface area contributed by atoms with Crippen molar-refractivity contribution in [3.8, 4) is 0 Å². The van der Waals surface area contributed by atoms with Crippen LogP contribution in [-0.4, -0.2) is 37.2 Å². The fraction of sp³-hybridized carbons (Fsp3) is 0.768. The molecule has 1 unspecified atom stereocenters. The number of allylic oxidation sites excluding steroid dienone is 10. The Kier molecular flexibility index (Phi) is 48.4. The molecule has 0 saturated heterocycles. The molecule has 0 saturated carbocycles. The summed E-state index contributed by atoms with van der Waals surface area (Å²) < 4.78 is 16.7. The second kappa shape index (κ2) is 50.8. The topological polar surface area (TPSA) is 78.9 Å². The number of unbranched alkanes of at least 4 members (excludes halogenated alkanes) is 26. The van der Waals surface area contributed by atoms with Gasteiger partial charge in [0.05, 0.1) is 0 Å². The lowest BCUT2D eigenvalue weighted by Gasteiger charge is -2.18. The largest absolute Gasteiger partial charge is 0.462 e. The van der Waals surface area contributed by atoms with Crippen LogP contribution >= 0.6 is 0 Å². The molecule has 0 bridgehead atoms. The van der Waals surface area contributed by atoms with E-state index in [1.165, 1.54) is 141 Å². The van der Waals surface area contributed by atoms with Crippen molar-refractivity contribution in [3.05, 3.63) is 60.8 Å². The molecule has 0 aliphatic rings. The van der Waals surface area contributed by atoms with Gasteiger partial charge in [0.15, 0.2) is 6.10 Å². The average molecular weight is 867 g/mol. The second-order valence-corrected chi connectivity index (χ2v) is 17.4. The minimum atomic E-state index is -0.803. The van der Waals surface area contributed by atoms with Crippen molar-refractivity contribution < 1.29 is 28.6 Å². The third kappa shape index (κ3) is 48.1. The van der Waals surface area contributed by atoms with Crippen LogP contribution in [0.4, 0.5) is 0 Å². The third-order valence-electron chi connectivity index (χ3n) is 11.3. The van der Waals surface area contributed by atoms with Crippen molar-refractivity contribution in [2.45, 2.75) is 264 Å². The van der Waals surface area contributed by atoms with Crippen molar-refractivity contribution >= 4 is 17.9 Å². The third-order valence-corrected chi connectivity index (χ3v) is 11.3. The molecule has 0 spiro atoms. The first-order valence-corrected chi connectivity index (χ1v) is 26.3. The van der Waals surface area contributed by atoms with E-state index in [0.717, 1.165) is 70.6 Å². The Balaban J connectivity index is 4.44. The first-order chi connectivity index (χ1) is 30.5. The van der Waals surface area contributed by atoms with Crippen LogP contribution < -0.4 is 0 Å². The second-order valence-electron chi connectivity index (χ2n) is 17.4. The van der Waals surface area contributed by atoms with Crippen molar-refractivity contribution in [3.63, 3.8) is 0 Å². The van der Waals surface area contributed by atoms with E-state index in [-0.39, 0.29) is 37.5 Å². The lowest BCUT2D eigenvalue weighted by atomic mass is 10.0. The average Bonchev–Trinajstić information content (AvgIpc) is 3.27. The van der Waals surface area contributed by atoms with E-state index in [1.807, 2.05) is 6.08 Å². The van der Waals surface area contributed by atoms with Gasteiger partial charge in [-0.05, 0) is 70.6 Å². The molecule has 358 valence electrons. The minimum Gasteiger partial charge on any atom is -0.462 e. The van der Waals surface area contributed by atoms with Gasteiger partial charge in [-0.15, -0.1) is 0 Å². The van der Waals surface area contributed by atoms with Crippen LogP contribution in [-0.2, 0) is 28.6 Å². The Hall–Kier alpha value is -2.89. The van der Waals surface area contributed by atoms with Gasteiger partial charge in [0.25, 0.3) is 0 Å². The summed E-state index contributed by atoms with van der Waals surface area (Å²) in [5, 5.41) is 0. The molecule has 0 radical (unpaired) electrons. The van der Waals surface area contributed by atoms with E-state index >= 15 is 0 Å². The van der Waals surface area contributed by atoms with Gasteiger partial charge in [-0.2, -0.15) is 0 Å². The molecule has 6 nitrogen and oxygen atoms in total. The van der Waals surface area contributed by atoms with Crippen LogP contribution in [0.1, 0.15) is 258 Å². The molecule has 0 aromatic carbocycles. The fourth-order valence-electron chi connectivity index (χ4n) is 7.33. The lowest BCUT2D eigenvalue weighted by Crippen LogP contribution is -2.30. The number of rotatable bonds is 47. The van der Waals surface area contributed by atoms with Crippen LogP contribution in [0.15, 0.2) is 60.8 Å². The maximum Gasteiger partial charge on any atom is 0.306 e. The summed E-state index contributed by atoms with van der Waals surface area (Å²) in [6.45, 7) is 6.46. The summed E-state index contributed by atoms with van der Waals surface area (Å²) in [6.07, 6.45) is 62.2. The van der Waals surface area contributed by atoms with Crippen LogP contribution in [0.25, 0.3) is 0 Å². The van der Waals surface area contributed by atoms with Crippen molar-refractivity contribution in [1.82, 2.24) is 0 Å². The Labute approximate surface area is 383 Å². The van der Waals surface area contributed by atoms with Gasteiger partial charge in [-0.25, -0.2) is 0 Å². The monoisotopic (exact) mass is 867 g/mol. The molecule has 0 rings (SSSR count).